The number of halogens is 1. The molecule has 4 aromatic rings. The number of benzene rings is 2. The molecule has 0 unspecified atom stereocenters. The van der Waals surface area contributed by atoms with Gasteiger partial charge in [-0.25, -0.2) is 15.0 Å². The average Bonchev–Trinajstić information content (AvgIpc) is 2.74. The molecule has 28 heavy (non-hydrogen) atoms. The third kappa shape index (κ3) is 4.03. The fourth-order valence-corrected chi connectivity index (χ4v) is 3.53. The second-order valence-electron chi connectivity index (χ2n) is 6.16. The molecule has 2 N–H and O–H groups in total. The lowest BCUT2D eigenvalue weighted by atomic mass is 10.0. The summed E-state index contributed by atoms with van der Waals surface area (Å²) in [5.74, 6) is 0.806. The molecule has 0 fully saturated rings. The summed E-state index contributed by atoms with van der Waals surface area (Å²) in [5.41, 5.74) is 4.87. The van der Waals surface area contributed by atoms with Crippen molar-refractivity contribution in [1.29, 1.82) is 0 Å². The van der Waals surface area contributed by atoms with Gasteiger partial charge < -0.3 is 10.0 Å². The molecule has 5 nitrogen and oxygen atoms in total. The van der Waals surface area contributed by atoms with Crippen LogP contribution in [0.15, 0.2) is 67.1 Å². The van der Waals surface area contributed by atoms with Crippen molar-refractivity contribution in [2.75, 3.05) is 16.3 Å². The Morgan fingerprint density at radius 2 is 1.82 bits per heavy atom. The van der Waals surface area contributed by atoms with Crippen molar-refractivity contribution in [2.45, 2.75) is 6.54 Å². The summed E-state index contributed by atoms with van der Waals surface area (Å²) >= 11 is 7.64. The maximum atomic E-state index is 6.17. The van der Waals surface area contributed by atoms with Gasteiger partial charge in [0.2, 0.25) is 0 Å². The lowest BCUT2D eigenvalue weighted by Crippen LogP contribution is -2.02. The molecule has 0 bridgehead atoms. The SMILES string of the molecule is CSNc1cc(-c2ccc3ncnc(NCc4ccccc4)c3c2)cnc1Cl. The number of nitrogens with one attached hydrogen (secondary N) is 2. The molecule has 4 rings (SSSR count). The van der Waals surface area contributed by atoms with Gasteiger partial charge in [-0.15, -0.1) is 0 Å². The predicted molar refractivity (Wildman–Crippen MR) is 119 cm³/mol. The first-order chi connectivity index (χ1) is 13.7. The van der Waals surface area contributed by atoms with Gasteiger partial charge in [0.1, 0.15) is 12.1 Å². The summed E-state index contributed by atoms with van der Waals surface area (Å²) in [7, 11) is 0. The molecule has 0 atom stereocenters. The van der Waals surface area contributed by atoms with Crippen LogP contribution in [0.5, 0.6) is 0 Å². The van der Waals surface area contributed by atoms with E-state index in [4.69, 9.17) is 11.6 Å². The maximum Gasteiger partial charge on any atom is 0.152 e. The van der Waals surface area contributed by atoms with Gasteiger partial charge in [-0.05, 0) is 29.3 Å². The number of fused-ring (bicyclic) bond motifs is 1. The molecule has 140 valence electrons. The minimum absolute atomic E-state index is 0.451. The predicted octanol–water partition coefficient (Wildman–Crippen LogP) is 5.65. The Hall–Kier alpha value is -2.83. The molecule has 0 saturated carbocycles. The monoisotopic (exact) mass is 407 g/mol. The van der Waals surface area contributed by atoms with Crippen LogP contribution in [0.4, 0.5) is 11.5 Å². The van der Waals surface area contributed by atoms with Crippen LogP contribution >= 0.6 is 23.5 Å². The number of pyridine rings is 1. The molecule has 2 aromatic heterocycles. The van der Waals surface area contributed by atoms with Crippen molar-refractivity contribution >= 4 is 46.0 Å². The summed E-state index contributed by atoms with van der Waals surface area (Å²) < 4.78 is 3.16. The minimum Gasteiger partial charge on any atom is -0.365 e. The number of anilines is 2. The highest BCUT2D eigenvalue weighted by molar-refractivity contribution is 7.99. The topological polar surface area (TPSA) is 62.7 Å². The second-order valence-corrected chi connectivity index (χ2v) is 7.13. The van der Waals surface area contributed by atoms with E-state index in [0.29, 0.717) is 11.7 Å². The summed E-state index contributed by atoms with van der Waals surface area (Å²) in [6.45, 7) is 0.696. The Morgan fingerprint density at radius 1 is 0.964 bits per heavy atom. The smallest absolute Gasteiger partial charge is 0.152 e. The maximum absolute atomic E-state index is 6.17. The Bertz CT molecular complexity index is 1100. The van der Waals surface area contributed by atoms with Gasteiger partial charge in [0.15, 0.2) is 5.15 Å². The van der Waals surface area contributed by atoms with Crippen LogP contribution in [0.25, 0.3) is 22.0 Å². The lowest BCUT2D eigenvalue weighted by Gasteiger charge is -2.11. The fraction of sp³-hybridized carbons (Fsp3) is 0.0952. The van der Waals surface area contributed by atoms with Crippen LogP contribution in [-0.2, 0) is 6.54 Å². The Morgan fingerprint density at radius 3 is 2.64 bits per heavy atom. The molecule has 0 aliphatic rings. The fourth-order valence-electron chi connectivity index (χ4n) is 2.95. The van der Waals surface area contributed by atoms with Crippen molar-refractivity contribution in [2.24, 2.45) is 0 Å². The Labute approximate surface area is 172 Å². The Kier molecular flexibility index (Phi) is 5.60. The molecule has 0 radical (unpaired) electrons. The van der Waals surface area contributed by atoms with E-state index in [9.17, 15) is 0 Å². The van der Waals surface area contributed by atoms with E-state index < -0.39 is 0 Å². The highest BCUT2D eigenvalue weighted by Crippen LogP contribution is 2.31. The molecule has 2 aromatic carbocycles. The van der Waals surface area contributed by atoms with E-state index in [1.165, 1.54) is 17.5 Å². The standard InChI is InChI=1S/C21H18ClN5S/c1-28-27-19-10-16(12-23-20(19)22)15-7-8-18-17(9-15)21(26-13-25-18)24-11-14-5-3-2-4-6-14/h2-10,12-13,27H,11H2,1H3,(H,24,25,26). The summed E-state index contributed by atoms with van der Waals surface area (Å²) in [6, 6.07) is 18.3. The van der Waals surface area contributed by atoms with Gasteiger partial charge in [-0.3, -0.25) is 0 Å². The van der Waals surface area contributed by atoms with Crippen LogP contribution in [0, 0.1) is 0 Å². The van der Waals surface area contributed by atoms with E-state index in [2.05, 4.69) is 43.2 Å². The zero-order valence-corrected chi connectivity index (χ0v) is 16.8. The third-order valence-corrected chi connectivity index (χ3v) is 5.05. The molecular weight excluding hydrogens is 390 g/mol. The number of nitrogens with zero attached hydrogens (tertiary/aromatic N) is 3. The van der Waals surface area contributed by atoms with Crippen molar-refractivity contribution in [3.8, 4) is 11.1 Å². The summed E-state index contributed by atoms with van der Waals surface area (Å²) in [6.07, 6.45) is 5.30. The highest BCUT2D eigenvalue weighted by atomic mass is 35.5. The van der Waals surface area contributed by atoms with Crippen molar-refractivity contribution < 1.29 is 0 Å². The number of aromatic nitrogens is 3. The van der Waals surface area contributed by atoms with E-state index in [0.717, 1.165) is 33.5 Å². The summed E-state index contributed by atoms with van der Waals surface area (Å²) in [4.78, 5) is 13.1. The summed E-state index contributed by atoms with van der Waals surface area (Å²) in [5, 5.41) is 4.83. The zero-order chi connectivity index (χ0) is 19.3. The van der Waals surface area contributed by atoms with E-state index in [-0.39, 0.29) is 0 Å². The van der Waals surface area contributed by atoms with Crippen molar-refractivity contribution in [3.05, 3.63) is 77.8 Å². The van der Waals surface area contributed by atoms with Gasteiger partial charge in [-0.1, -0.05) is 59.9 Å². The molecule has 0 amide bonds. The second kappa shape index (κ2) is 8.46. The average molecular weight is 408 g/mol. The quantitative estimate of drug-likeness (QED) is 0.318. The van der Waals surface area contributed by atoms with E-state index in [1.54, 1.807) is 12.5 Å². The third-order valence-electron chi connectivity index (χ3n) is 4.32. The number of hydrogen-bond acceptors (Lipinski definition) is 6. The van der Waals surface area contributed by atoms with Crippen molar-refractivity contribution in [3.63, 3.8) is 0 Å². The molecule has 0 aliphatic carbocycles. The van der Waals surface area contributed by atoms with E-state index in [1.807, 2.05) is 42.7 Å². The van der Waals surface area contributed by atoms with Crippen molar-refractivity contribution in [1.82, 2.24) is 15.0 Å². The number of hydrogen-bond donors (Lipinski definition) is 2. The van der Waals surface area contributed by atoms with Crippen LogP contribution in [0.1, 0.15) is 5.56 Å². The lowest BCUT2D eigenvalue weighted by molar-refractivity contribution is 1.10. The first kappa shape index (κ1) is 18.5. The minimum atomic E-state index is 0.451. The van der Waals surface area contributed by atoms with Gasteiger partial charge in [0.05, 0.1) is 11.2 Å². The van der Waals surface area contributed by atoms with Crippen LogP contribution in [0.3, 0.4) is 0 Å². The molecular formula is C21H18ClN5S. The molecule has 7 heteroatoms. The molecule has 0 saturated heterocycles. The van der Waals surface area contributed by atoms with Crippen LogP contribution in [-0.4, -0.2) is 21.2 Å². The first-order valence-corrected chi connectivity index (χ1v) is 10.3. The zero-order valence-electron chi connectivity index (χ0n) is 15.2. The van der Waals surface area contributed by atoms with Gasteiger partial charge in [0.25, 0.3) is 0 Å². The molecule has 0 aliphatic heterocycles. The first-order valence-electron chi connectivity index (χ1n) is 8.72. The number of rotatable bonds is 6. The van der Waals surface area contributed by atoms with Gasteiger partial charge >= 0.3 is 0 Å². The van der Waals surface area contributed by atoms with Crippen LogP contribution < -0.4 is 10.0 Å². The molecule has 0 spiro atoms. The van der Waals surface area contributed by atoms with Gasteiger partial charge in [-0.2, -0.15) is 0 Å². The van der Waals surface area contributed by atoms with E-state index >= 15 is 0 Å². The molecule has 2 heterocycles. The largest absolute Gasteiger partial charge is 0.365 e. The highest BCUT2D eigenvalue weighted by Gasteiger charge is 2.09. The normalized spacial score (nSPS) is 10.8. The van der Waals surface area contributed by atoms with Gasteiger partial charge in [0, 0.05) is 29.9 Å². The Balaban J connectivity index is 1.69. The van der Waals surface area contributed by atoms with Crippen LogP contribution in [0.2, 0.25) is 5.15 Å².